The number of furan rings is 1. The minimum atomic E-state index is -0.511. The second-order valence-electron chi connectivity index (χ2n) is 10.7. The van der Waals surface area contributed by atoms with Crippen LogP contribution in [0.15, 0.2) is 45.8 Å². The van der Waals surface area contributed by atoms with Crippen molar-refractivity contribution in [2.24, 2.45) is 0 Å². The maximum atomic E-state index is 13.7. The van der Waals surface area contributed by atoms with Gasteiger partial charge < -0.3 is 14.1 Å². The maximum Gasteiger partial charge on any atom is 0.253 e. The minimum absolute atomic E-state index is 0.0610. The molecule has 0 saturated carbocycles. The molecule has 5 rings (SSSR count). The van der Waals surface area contributed by atoms with Gasteiger partial charge in [-0.15, -0.1) is 5.10 Å². The number of hydrogen-bond acceptors (Lipinski definition) is 7. The Bertz CT molecular complexity index is 1390. The molecule has 0 spiro atoms. The molecule has 4 aromatic rings. The molecule has 0 aliphatic carbocycles. The quantitative estimate of drug-likeness (QED) is 0.413. The van der Waals surface area contributed by atoms with E-state index in [4.69, 9.17) is 9.15 Å². The predicted molar refractivity (Wildman–Crippen MR) is 137 cm³/mol. The Labute approximate surface area is 210 Å². The van der Waals surface area contributed by atoms with E-state index in [9.17, 15) is 4.79 Å². The fraction of sp³-hybridized carbons (Fsp3) is 0.481. The van der Waals surface area contributed by atoms with Gasteiger partial charge in [0, 0.05) is 24.2 Å². The van der Waals surface area contributed by atoms with E-state index in [0.29, 0.717) is 24.5 Å². The molecule has 9 nitrogen and oxygen atoms in total. The lowest BCUT2D eigenvalue weighted by Crippen LogP contribution is -2.40. The molecule has 3 aromatic heterocycles. The van der Waals surface area contributed by atoms with Crippen molar-refractivity contribution in [3.8, 4) is 0 Å². The highest BCUT2D eigenvalue weighted by Gasteiger charge is 2.35. The number of aryl methyl sites for hydroxylation is 2. The lowest BCUT2D eigenvalue weighted by molar-refractivity contribution is 0.0536. The van der Waals surface area contributed by atoms with Gasteiger partial charge in [0.2, 0.25) is 0 Å². The van der Waals surface area contributed by atoms with E-state index >= 15 is 0 Å². The summed E-state index contributed by atoms with van der Waals surface area (Å²) in [6.07, 6.45) is 3.73. The summed E-state index contributed by atoms with van der Waals surface area (Å²) in [7, 11) is 0. The first-order chi connectivity index (χ1) is 17.2. The third-order valence-electron chi connectivity index (χ3n) is 6.92. The highest BCUT2D eigenvalue weighted by molar-refractivity contribution is 5.81. The minimum Gasteiger partial charge on any atom is -0.468 e. The lowest BCUT2D eigenvalue weighted by atomic mass is 9.99. The number of tetrazole rings is 1. The van der Waals surface area contributed by atoms with Crippen LogP contribution in [0.2, 0.25) is 0 Å². The van der Waals surface area contributed by atoms with Crippen molar-refractivity contribution >= 4 is 10.9 Å². The summed E-state index contributed by atoms with van der Waals surface area (Å²) in [5.41, 5.74) is 3.18. The zero-order valence-electron chi connectivity index (χ0n) is 21.6. The first kappa shape index (κ1) is 24.4. The van der Waals surface area contributed by atoms with Crippen LogP contribution in [0, 0.1) is 13.8 Å². The van der Waals surface area contributed by atoms with Crippen LogP contribution in [0.5, 0.6) is 0 Å². The molecule has 1 N–H and O–H groups in total. The van der Waals surface area contributed by atoms with E-state index in [1.165, 1.54) is 5.56 Å². The number of aromatic amines is 1. The number of nitrogens with one attached hydrogen (secondary N) is 1. The summed E-state index contributed by atoms with van der Waals surface area (Å²) in [5.74, 6) is 1.41. The Morgan fingerprint density at radius 2 is 2.03 bits per heavy atom. The highest BCUT2D eigenvalue weighted by atomic mass is 16.5. The zero-order valence-corrected chi connectivity index (χ0v) is 21.6. The van der Waals surface area contributed by atoms with Crippen molar-refractivity contribution in [1.29, 1.82) is 0 Å². The summed E-state index contributed by atoms with van der Waals surface area (Å²) in [5, 5.41) is 13.8. The summed E-state index contributed by atoms with van der Waals surface area (Å²) >= 11 is 0. The predicted octanol–water partition coefficient (Wildman–Crippen LogP) is 4.25. The summed E-state index contributed by atoms with van der Waals surface area (Å²) in [4.78, 5) is 19.0. The number of nitrogens with zero attached hydrogens (tertiary/aromatic N) is 5. The molecule has 36 heavy (non-hydrogen) atoms. The topological polar surface area (TPSA) is 102 Å². The zero-order chi connectivity index (χ0) is 25.4. The molecule has 190 valence electrons. The van der Waals surface area contributed by atoms with E-state index < -0.39 is 6.04 Å². The molecule has 1 aliphatic heterocycles. The Kier molecular flexibility index (Phi) is 6.53. The van der Waals surface area contributed by atoms with Crippen LogP contribution in [0.4, 0.5) is 0 Å². The van der Waals surface area contributed by atoms with E-state index in [1.54, 1.807) is 6.26 Å². The summed E-state index contributed by atoms with van der Waals surface area (Å²) < 4.78 is 13.6. The fourth-order valence-electron chi connectivity index (χ4n) is 4.95. The Morgan fingerprint density at radius 3 is 2.72 bits per heavy atom. The van der Waals surface area contributed by atoms with Gasteiger partial charge in [-0.1, -0.05) is 0 Å². The third-order valence-corrected chi connectivity index (χ3v) is 6.92. The van der Waals surface area contributed by atoms with Crippen molar-refractivity contribution < 1.29 is 9.15 Å². The molecule has 1 aliphatic rings. The molecule has 4 heterocycles. The average molecular weight is 491 g/mol. The monoisotopic (exact) mass is 490 g/mol. The molecular weight excluding hydrogens is 456 g/mol. The highest BCUT2D eigenvalue weighted by Crippen LogP contribution is 2.32. The molecular formula is C27H34N6O3. The van der Waals surface area contributed by atoms with Crippen LogP contribution >= 0.6 is 0 Å². The van der Waals surface area contributed by atoms with Crippen molar-refractivity contribution in [2.45, 2.75) is 71.7 Å². The maximum absolute atomic E-state index is 13.7. The second kappa shape index (κ2) is 9.63. The van der Waals surface area contributed by atoms with Crippen molar-refractivity contribution in [3.05, 3.63) is 75.2 Å². The molecule has 9 heteroatoms. The van der Waals surface area contributed by atoms with Gasteiger partial charge in [-0.2, -0.15) is 0 Å². The van der Waals surface area contributed by atoms with Crippen LogP contribution in [-0.4, -0.2) is 49.3 Å². The van der Waals surface area contributed by atoms with Gasteiger partial charge >= 0.3 is 0 Å². The number of benzene rings is 1. The summed E-state index contributed by atoms with van der Waals surface area (Å²) in [6, 6.07) is 9.44. The lowest BCUT2D eigenvalue weighted by Gasteiger charge is -2.33. The molecule has 1 fully saturated rings. The molecule has 0 unspecified atom stereocenters. The Hall–Kier alpha value is -3.30. The molecule has 0 amide bonds. The number of fused-ring (bicyclic) bond motifs is 1. The van der Waals surface area contributed by atoms with Gasteiger partial charge in [0.25, 0.3) is 5.56 Å². The second-order valence-corrected chi connectivity index (χ2v) is 10.7. The average Bonchev–Trinajstić information content (AvgIpc) is 3.58. The molecule has 0 bridgehead atoms. The van der Waals surface area contributed by atoms with Gasteiger partial charge in [-0.3, -0.25) is 9.69 Å². The normalized spacial score (nSPS) is 17.3. The van der Waals surface area contributed by atoms with Gasteiger partial charge in [-0.25, -0.2) is 4.68 Å². The number of H-pyrrole nitrogens is 1. The largest absolute Gasteiger partial charge is 0.468 e. The molecule has 2 atom stereocenters. The number of rotatable bonds is 7. The van der Waals surface area contributed by atoms with Crippen LogP contribution in [0.3, 0.4) is 0 Å². The number of pyridine rings is 1. The van der Waals surface area contributed by atoms with Crippen LogP contribution in [-0.2, 0) is 16.8 Å². The van der Waals surface area contributed by atoms with Crippen LogP contribution < -0.4 is 5.56 Å². The van der Waals surface area contributed by atoms with Gasteiger partial charge in [-0.05, 0) is 105 Å². The first-order valence-corrected chi connectivity index (χ1v) is 12.5. The Morgan fingerprint density at radius 1 is 1.22 bits per heavy atom. The fourth-order valence-corrected chi connectivity index (χ4v) is 4.95. The molecule has 1 saturated heterocycles. The van der Waals surface area contributed by atoms with Crippen molar-refractivity contribution in [2.75, 3.05) is 13.2 Å². The Balaban J connectivity index is 1.70. The van der Waals surface area contributed by atoms with Crippen molar-refractivity contribution in [3.63, 3.8) is 0 Å². The van der Waals surface area contributed by atoms with Gasteiger partial charge in [0.05, 0.1) is 24.5 Å². The SMILES string of the molecule is Cc1cc2cc([C@@H](c3nnnn3C(C)(C)C)N(Cc3ccco3)C[C@@H]3CCCO3)c(=O)[nH]c2cc1C. The van der Waals surface area contributed by atoms with E-state index in [-0.39, 0.29) is 17.2 Å². The standard InChI is InChI=1S/C27H34N6O3/c1-17-12-19-14-22(26(34)28-23(19)13-18(17)2)24(25-29-30-31-33(25)27(3,4)5)32(15-20-8-6-10-35-20)16-21-9-7-11-36-21/h6,8,10,12-14,21,24H,7,9,11,15-16H2,1-5H3,(H,28,34)/t21-,24-/m0/s1. The molecule has 0 radical (unpaired) electrons. The van der Waals surface area contributed by atoms with Crippen LogP contribution in [0.1, 0.15) is 67.9 Å². The van der Waals surface area contributed by atoms with E-state index in [0.717, 1.165) is 41.7 Å². The van der Waals surface area contributed by atoms with Gasteiger partial charge in [0.15, 0.2) is 5.82 Å². The van der Waals surface area contributed by atoms with E-state index in [1.807, 2.05) is 35.9 Å². The number of ether oxygens (including phenoxy) is 1. The van der Waals surface area contributed by atoms with Crippen molar-refractivity contribution in [1.82, 2.24) is 30.1 Å². The number of aromatic nitrogens is 5. The van der Waals surface area contributed by atoms with Crippen LogP contribution in [0.25, 0.3) is 10.9 Å². The smallest absolute Gasteiger partial charge is 0.253 e. The molecule has 1 aromatic carbocycles. The third kappa shape index (κ3) is 4.85. The van der Waals surface area contributed by atoms with Gasteiger partial charge in [0.1, 0.15) is 11.8 Å². The van der Waals surface area contributed by atoms with E-state index in [2.05, 4.69) is 59.2 Å². The first-order valence-electron chi connectivity index (χ1n) is 12.5. The summed E-state index contributed by atoms with van der Waals surface area (Å²) in [6.45, 7) is 12.1. The number of hydrogen-bond donors (Lipinski definition) is 1.